The van der Waals surface area contributed by atoms with Gasteiger partial charge in [-0.15, -0.1) is 0 Å². The molecule has 2 rings (SSSR count). The van der Waals surface area contributed by atoms with Gasteiger partial charge in [0.05, 0.1) is 11.1 Å². The second-order valence-electron chi connectivity index (χ2n) is 6.24. The molecular formula is C13H24N2O2. The van der Waals surface area contributed by atoms with Gasteiger partial charge in [0.15, 0.2) is 0 Å². The number of carbonyl (C=O) groups excluding carboxylic acids is 1. The fraction of sp³-hybridized carbons (Fsp3) is 0.923. The molecule has 1 atom stereocenters. The second kappa shape index (κ2) is 4.58. The Morgan fingerprint density at radius 3 is 2.47 bits per heavy atom. The number of piperidine rings is 1. The Kier molecular flexibility index (Phi) is 3.46. The van der Waals surface area contributed by atoms with E-state index in [2.05, 4.69) is 5.32 Å². The van der Waals surface area contributed by atoms with Gasteiger partial charge in [-0.3, -0.25) is 9.63 Å². The largest absolute Gasteiger partial charge is 0.312 e. The van der Waals surface area contributed by atoms with Crippen LogP contribution in [-0.4, -0.2) is 35.2 Å². The minimum absolute atomic E-state index is 0.0740. The fourth-order valence-corrected chi connectivity index (χ4v) is 2.67. The van der Waals surface area contributed by atoms with E-state index in [-0.39, 0.29) is 11.1 Å². The molecule has 4 heteroatoms. The minimum atomic E-state index is -0.314. The normalized spacial score (nSPS) is 27.6. The first kappa shape index (κ1) is 12.8. The molecule has 2 fully saturated rings. The van der Waals surface area contributed by atoms with Gasteiger partial charge in [-0.2, -0.15) is 0 Å². The van der Waals surface area contributed by atoms with Crippen molar-refractivity contribution in [3.8, 4) is 0 Å². The number of amides is 1. The highest BCUT2D eigenvalue weighted by molar-refractivity contribution is 5.49. The van der Waals surface area contributed by atoms with E-state index < -0.39 is 0 Å². The summed E-state index contributed by atoms with van der Waals surface area (Å²) in [7, 11) is 0. The van der Waals surface area contributed by atoms with E-state index in [9.17, 15) is 4.79 Å². The Hall–Kier alpha value is -0.610. The Morgan fingerprint density at radius 2 is 2.06 bits per heavy atom. The van der Waals surface area contributed by atoms with Crippen LogP contribution in [0.4, 0.5) is 0 Å². The van der Waals surface area contributed by atoms with Crippen LogP contribution in [0.5, 0.6) is 0 Å². The van der Waals surface area contributed by atoms with Gasteiger partial charge in [-0.25, -0.2) is 5.06 Å². The Bertz CT molecular complexity index is 276. The van der Waals surface area contributed by atoms with Crippen molar-refractivity contribution < 1.29 is 9.63 Å². The maximum absolute atomic E-state index is 11.3. The molecule has 4 nitrogen and oxygen atoms in total. The zero-order chi connectivity index (χ0) is 12.5. The number of nitrogens with one attached hydrogen (secondary N) is 1. The van der Waals surface area contributed by atoms with Crippen molar-refractivity contribution in [3.05, 3.63) is 0 Å². The molecule has 0 aromatic heterocycles. The molecule has 0 radical (unpaired) electrons. The van der Waals surface area contributed by atoms with Gasteiger partial charge in [-0.05, 0) is 53.0 Å². The predicted molar refractivity (Wildman–Crippen MR) is 66.3 cm³/mol. The van der Waals surface area contributed by atoms with Gasteiger partial charge in [0.1, 0.15) is 0 Å². The summed E-state index contributed by atoms with van der Waals surface area (Å²) in [5, 5.41) is 5.12. The summed E-state index contributed by atoms with van der Waals surface area (Å²) in [4.78, 5) is 17.1. The van der Waals surface area contributed by atoms with Crippen LogP contribution in [0.25, 0.3) is 0 Å². The van der Waals surface area contributed by atoms with Crippen molar-refractivity contribution in [1.82, 2.24) is 10.4 Å². The van der Waals surface area contributed by atoms with Crippen molar-refractivity contribution in [2.45, 2.75) is 70.1 Å². The van der Waals surface area contributed by atoms with Gasteiger partial charge in [0, 0.05) is 6.04 Å². The third-order valence-corrected chi connectivity index (χ3v) is 3.63. The number of nitrogens with zero attached hydrogens (tertiary/aromatic N) is 1. The van der Waals surface area contributed by atoms with Crippen LogP contribution >= 0.6 is 0 Å². The number of carbonyl (C=O) groups is 1. The average Bonchev–Trinajstić information content (AvgIpc) is 3.07. The summed E-state index contributed by atoms with van der Waals surface area (Å²) in [6, 6.07) is 0.406. The molecule has 2 aliphatic rings. The van der Waals surface area contributed by atoms with Crippen molar-refractivity contribution in [2.75, 3.05) is 6.54 Å². The van der Waals surface area contributed by atoms with E-state index in [1.807, 2.05) is 20.8 Å². The monoisotopic (exact) mass is 240 g/mol. The first-order valence-corrected chi connectivity index (χ1v) is 6.65. The smallest absolute Gasteiger partial charge is 0.233 e. The van der Waals surface area contributed by atoms with Crippen molar-refractivity contribution in [2.24, 2.45) is 0 Å². The molecule has 1 saturated heterocycles. The summed E-state index contributed by atoms with van der Waals surface area (Å²) in [5.74, 6) is 0. The number of rotatable bonds is 4. The van der Waals surface area contributed by atoms with Crippen LogP contribution in [0.15, 0.2) is 0 Å². The lowest BCUT2D eigenvalue weighted by Gasteiger charge is -2.39. The molecule has 0 spiro atoms. The maximum Gasteiger partial charge on any atom is 0.233 e. The fourth-order valence-electron chi connectivity index (χ4n) is 2.67. The van der Waals surface area contributed by atoms with E-state index in [0.717, 1.165) is 32.2 Å². The molecule has 1 amide bonds. The summed E-state index contributed by atoms with van der Waals surface area (Å²) in [6.07, 6.45) is 6.61. The van der Waals surface area contributed by atoms with Gasteiger partial charge in [-0.1, -0.05) is 6.42 Å². The Labute approximate surface area is 104 Å². The lowest BCUT2D eigenvalue weighted by molar-refractivity contribution is -0.242. The van der Waals surface area contributed by atoms with Crippen molar-refractivity contribution in [3.63, 3.8) is 0 Å². The average molecular weight is 240 g/mol. The Morgan fingerprint density at radius 1 is 1.35 bits per heavy atom. The maximum atomic E-state index is 11.3. The highest BCUT2D eigenvalue weighted by Gasteiger charge is 2.55. The zero-order valence-electron chi connectivity index (χ0n) is 11.2. The van der Waals surface area contributed by atoms with Gasteiger partial charge in [0.2, 0.25) is 6.41 Å². The molecular weight excluding hydrogens is 216 g/mol. The first-order chi connectivity index (χ1) is 7.98. The lowest BCUT2D eigenvalue weighted by atomic mass is 9.96. The van der Waals surface area contributed by atoms with Crippen LogP contribution in [0.1, 0.15) is 52.9 Å². The summed E-state index contributed by atoms with van der Waals surface area (Å²) in [5.41, 5.74) is -0.388. The second-order valence-corrected chi connectivity index (χ2v) is 6.24. The van der Waals surface area contributed by atoms with Crippen LogP contribution in [0, 0.1) is 0 Å². The zero-order valence-corrected chi connectivity index (χ0v) is 11.2. The topological polar surface area (TPSA) is 41.6 Å². The van der Waals surface area contributed by atoms with E-state index >= 15 is 0 Å². The number of hydrogen-bond donors (Lipinski definition) is 1. The van der Waals surface area contributed by atoms with Crippen LogP contribution < -0.4 is 5.32 Å². The molecule has 1 aliphatic heterocycles. The summed E-state index contributed by atoms with van der Waals surface area (Å²) >= 11 is 0. The van der Waals surface area contributed by atoms with E-state index in [1.165, 1.54) is 12.8 Å². The molecule has 0 bridgehead atoms. The highest BCUT2D eigenvalue weighted by Crippen LogP contribution is 2.47. The van der Waals surface area contributed by atoms with Crippen LogP contribution in [-0.2, 0) is 9.63 Å². The molecule has 1 aliphatic carbocycles. The van der Waals surface area contributed by atoms with Crippen molar-refractivity contribution in [1.29, 1.82) is 0 Å². The molecule has 1 saturated carbocycles. The first-order valence-electron chi connectivity index (χ1n) is 6.65. The predicted octanol–water partition coefficient (Wildman–Crippen LogP) is 1.85. The van der Waals surface area contributed by atoms with Crippen LogP contribution in [0.2, 0.25) is 0 Å². The van der Waals surface area contributed by atoms with Gasteiger partial charge in [0.25, 0.3) is 0 Å². The molecule has 1 unspecified atom stereocenters. The van der Waals surface area contributed by atoms with E-state index in [1.54, 1.807) is 5.06 Å². The molecule has 0 aromatic carbocycles. The quantitative estimate of drug-likeness (QED) is 0.602. The molecule has 1 N–H and O–H groups in total. The van der Waals surface area contributed by atoms with Gasteiger partial charge >= 0.3 is 0 Å². The Balaban J connectivity index is 2.04. The van der Waals surface area contributed by atoms with Crippen LogP contribution in [0.3, 0.4) is 0 Å². The lowest BCUT2D eigenvalue weighted by Crippen LogP contribution is -2.55. The third-order valence-electron chi connectivity index (χ3n) is 3.63. The SMILES string of the molecule is CC(C)(C)ON(C=O)C1(C2CCCCN2)CC1. The molecule has 17 heavy (non-hydrogen) atoms. The standard InChI is InChI=1S/C13H24N2O2/c1-12(2,3)17-15(10-16)13(7-8-13)11-6-4-5-9-14-11/h10-11,14H,4-9H2,1-3H3. The summed E-state index contributed by atoms with van der Waals surface area (Å²) < 4.78 is 0. The van der Waals surface area contributed by atoms with Crippen molar-refractivity contribution >= 4 is 6.41 Å². The summed E-state index contributed by atoms with van der Waals surface area (Å²) in [6.45, 7) is 7.00. The van der Waals surface area contributed by atoms with E-state index in [4.69, 9.17) is 4.84 Å². The molecule has 0 aromatic rings. The number of hydrogen-bond acceptors (Lipinski definition) is 3. The minimum Gasteiger partial charge on any atom is -0.312 e. The van der Waals surface area contributed by atoms with Gasteiger partial charge < -0.3 is 5.32 Å². The molecule has 1 heterocycles. The van der Waals surface area contributed by atoms with E-state index in [0.29, 0.717) is 6.04 Å². The highest BCUT2D eigenvalue weighted by atomic mass is 16.7. The number of hydroxylamine groups is 2. The third kappa shape index (κ3) is 2.80. The molecule has 98 valence electrons.